The number of carbonyl (C=O) groups is 1. The lowest BCUT2D eigenvalue weighted by molar-refractivity contribution is -0.143. The second-order valence-corrected chi connectivity index (χ2v) is 8.30. The van der Waals surface area contributed by atoms with E-state index in [1.54, 1.807) is 19.3 Å². The summed E-state index contributed by atoms with van der Waals surface area (Å²) in [6.45, 7) is 5.71. The number of allylic oxidation sites excluding steroid dienone is 3. The number of hydrogen-bond acceptors (Lipinski definition) is 5. The van der Waals surface area contributed by atoms with Crippen molar-refractivity contribution in [2.45, 2.75) is 12.5 Å². The monoisotopic (exact) mass is 439 g/mol. The molecule has 1 fully saturated rings. The maximum absolute atomic E-state index is 13.1. The smallest absolute Gasteiger partial charge is 0.340 e. The fourth-order valence-electron chi connectivity index (χ4n) is 4.80. The molecule has 0 radical (unpaired) electrons. The lowest BCUT2D eigenvalue weighted by atomic mass is 9.75. The van der Waals surface area contributed by atoms with Crippen LogP contribution in [0.2, 0.25) is 0 Å². The van der Waals surface area contributed by atoms with Gasteiger partial charge >= 0.3 is 5.97 Å². The molecule has 3 aromatic rings. The van der Waals surface area contributed by atoms with E-state index in [9.17, 15) is 4.79 Å². The van der Waals surface area contributed by atoms with Crippen molar-refractivity contribution in [3.63, 3.8) is 0 Å². The minimum atomic E-state index is -1.11. The molecular weight excluding hydrogens is 414 g/mol. The number of hydrogen-bond donors (Lipinski definition) is 0. The summed E-state index contributed by atoms with van der Waals surface area (Å²) in [7, 11) is 5.61. The van der Waals surface area contributed by atoms with Gasteiger partial charge in [-0.3, -0.25) is 0 Å². The molecule has 166 valence electrons. The summed E-state index contributed by atoms with van der Waals surface area (Å²) >= 11 is 0. The zero-order valence-electron chi connectivity index (χ0n) is 19.1. The maximum atomic E-state index is 13.1. The van der Waals surface area contributed by atoms with E-state index in [0.717, 1.165) is 38.9 Å². The lowest BCUT2D eigenvalue weighted by Gasteiger charge is -2.37. The molecule has 1 unspecified atom stereocenters. The minimum Gasteiger partial charge on any atom is -0.497 e. The number of benzene rings is 3. The number of nitrogens with zero attached hydrogens (tertiary/aromatic N) is 1. The highest BCUT2D eigenvalue weighted by Crippen LogP contribution is 2.59. The Balaban J connectivity index is 1.87. The highest BCUT2D eigenvalue weighted by Gasteiger charge is 2.55. The number of rotatable bonds is 3. The molecule has 33 heavy (non-hydrogen) atoms. The van der Waals surface area contributed by atoms with Crippen LogP contribution in [0.15, 0.2) is 84.5 Å². The fourth-order valence-corrected chi connectivity index (χ4v) is 4.80. The van der Waals surface area contributed by atoms with E-state index in [2.05, 4.69) is 6.58 Å². The predicted molar refractivity (Wildman–Crippen MR) is 130 cm³/mol. The molecule has 0 aromatic heterocycles. The number of carbonyl (C=O) groups excluding carboxylic acids is 1. The van der Waals surface area contributed by atoms with Gasteiger partial charge in [-0.1, -0.05) is 24.8 Å². The standard InChI is InChI=1S/C28H25NO4/c1-6-8-21-22(7-2)28(33-27(21)30)23-14-10-18(29(3)4)16-25(23)32-26-20-12-11-19(31-5)15-17(20)9-13-24(26)28/h6-16H,1H2,2-5H3/b21-8+,22-7+. The van der Waals surface area contributed by atoms with Crippen molar-refractivity contribution in [2.75, 3.05) is 26.1 Å². The van der Waals surface area contributed by atoms with Crippen LogP contribution in [0, 0.1) is 0 Å². The average Bonchev–Trinajstić information content (AvgIpc) is 3.10. The quantitative estimate of drug-likeness (QED) is 0.377. The molecule has 2 aliphatic rings. The third-order valence-electron chi connectivity index (χ3n) is 6.34. The van der Waals surface area contributed by atoms with Crippen LogP contribution in [0.25, 0.3) is 10.8 Å². The first-order valence-corrected chi connectivity index (χ1v) is 10.8. The Kier molecular flexibility index (Phi) is 4.78. The van der Waals surface area contributed by atoms with Crippen LogP contribution < -0.4 is 14.4 Å². The predicted octanol–water partition coefficient (Wildman–Crippen LogP) is 5.88. The van der Waals surface area contributed by atoms with Crippen LogP contribution in [-0.4, -0.2) is 27.2 Å². The van der Waals surface area contributed by atoms with E-state index >= 15 is 0 Å². The van der Waals surface area contributed by atoms with Crippen LogP contribution in [0.5, 0.6) is 17.2 Å². The molecule has 0 saturated carbocycles. The summed E-state index contributed by atoms with van der Waals surface area (Å²) in [6, 6.07) is 15.8. The number of esters is 1. The van der Waals surface area contributed by atoms with Gasteiger partial charge in [-0.25, -0.2) is 4.79 Å². The summed E-state index contributed by atoms with van der Waals surface area (Å²) in [5, 5.41) is 1.89. The van der Waals surface area contributed by atoms with E-state index in [1.165, 1.54) is 0 Å². The van der Waals surface area contributed by atoms with Gasteiger partial charge in [0, 0.05) is 47.9 Å². The molecule has 0 aliphatic carbocycles. The molecule has 1 spiro atoms. The summed E-state index contributed by atoms with van der Waals surface area (Å²) in [4.78, 5) is 15.1. The van der Waals surface area contributed by atoms with Crippen molar-refractivity contribution in [1.29, 1.82) is 0 Å². The fraction of sp³-hybridized carbons (Fsp3) is 0.179. The SMILES string of the molecule is C=C/C=C1/C(=O)OC2(/C1=C/C)c1ccc(N(C)C)cc1Oc1c2ccc2cc(OC)ccc12. The van der Waals surface area contributed by atoms with Gasteiger partial charge in [0.05, 0.1) is 12.7 Å². The largest absolute Gasteiger partial charge is 0.497 e. The molecule has 5 heteroatoms. The summed E-state index contributed by atoms with van der Waals surface area (Å²) < 4.78 is 18.2. The second kappa shape index (κ2) is 7.55. The Hall–Kier alpha value is -3.99. The first-order chi connectivity index (χ1) is 15.9. The summed E-state index contributed by atoms with van der Waals surface area (Å²) in [5.41, 5.74) is 2.74. The Morgan fingerprint density at radius 3 is 2.55 bits per heavy atom. The van der Waals surface area contributed by atoms with Crippen molar-refractivity contribution in [1.82, 2.24) is 0 Å². The zero-order valence-corrected chi connectivity index (χ0v) is 19.1. The van der Waals surface area contributed by atoms with Crippen molar-refractivity contribution < 1.29 is 19.0 Å². The van der Waals surface area contributed by atoms with E-state index in [-0.39, 0.29) is 5.97 Å². The molecule has 1 saturated heterocycles. The van der Waals surface area contributed by atoms with Crippen LogP contribution in [0.4, 0.5) is 5.69 Å². The zero-order chi connectivity index (χ0) is 23.3. The van der Waals surface area contributed by atoms with Crippen LogP contribution >= 0.6 is 0 Å². The topological polar surface area (TPSA) is 48.0 Å². The van der Waals surface area contributed by atoms with Crippen molar-refractivity contribution >= 4 is 22.4 Å². The average molecular weight is 440 g/mol. The normalized spacial score (nSPS) is 21.0. The lowest BCUT2D eigenvalue weighted by Crippen LogP contribution is -2.33. The van der Waals surface area contributed by atoms with Gasteiger partial charge in [0.25, 0.3) is 0 Å². The molecule has 1 atom stereocenters. The van der Waals surface area contributed by atoms with Crippen LogP contribution in [0.3, 0.4) is 0 Å². The first-order valence-electron chi connectivity index (χ1n) is 10.8. The molecule has 5 rings (SSSR count). The van der Waals surface area contributed by atoms with E-state index in [0.29, 0.717) is 17.1 Å². The molecule has 0 bridgehead atoms. The van der Waals surface area contributed by atoms with Gasteiger partial charge in [0.1, 0.15) is 17.2 Å². The van der Waals surface area contributed by atoms with Crippen molar-refractivity contribution in [3.8, 4) is 17.2 Å². The highest BCUT2D eigenvalue weighted by atomic mass is 16.6. The third-order valence-corrected chi connectivity index (χ3v) is 6.34. The van der Waals surface area contributed by atoms with Crippen molar-refractivity contribution in [2.24, 2.45) is 0 Å². The summed E-state index contributed by atoms with van der Waals surface area (Å²) in [5.74, 6) is 1.71. The van der Waals surface area contributed by atoms with Gasteiger partial charge < -0.3 is 19.1 Å². The second-order valence-electron chi connectivity index (χ2n) is 8.30. The third kappa shape index (κ3) is 2.89. The van der Waals surface area contributed by atoms with Gasteiger partial charge in [-0.15, -0.1) is 0 Å². The number of methoxy groups -OCH3 is 1. The van der Waals surface area contributed by atoms with Gasteiger partial charge in [0.2, 0.25) is 0 Å². The van der Waals surface area contributed by atoms with Crippen LogP contribution in [-0.2, 0) is 15.1 Å². The molecule has 2 aliphatic heterocycles. The van der Waals surface area contributed by atoms with E-state index in [4.69, 9.17) is 14.2 Å². The molecule has 0 N–H and O–H groups in total. The number of anilines is 1. The van der Waals surface area contributed by atoms with Gasteiger partial charge in [-0.05, 0) is 54.8 Å². The Labute approximate surface area is 193 Å². The molecule has 5 nitrogen and oxygen atoms in total. The van der Waals surface area contributed by atoms with Gasteiger partial charge in [-0.2, -0.15) is 0 Å². The van der Waals surface area contributed by atoms with Crippen molar-refractivity contribution in [3.05, 3.63) is 95.6 Å². The first kappa shape index (κ1) is 20.9. The highest BCUT2D eigenvalue weighted by molar-refractivity contribution is 6.01. The Bertz CT molecular complexity index is 1380. The molecule has 3 aromatic carbocycles. The van der Waals surface area contributed by atoms with Gasteiger partial charge in [0.15, 0.2) is 5.60 Å². The van der Waals surface area contributed by atoms with E-state index in [1.807, 2.05) is 80.5 Å². The Morgan fingerprint density at radius 2 is 1.85 bits per heavy atom. The number of ether oxygens (including phenoxy) is 3. The van der Waals surface area contributed by atoms with Crippen LogP contribution in [0.1, 0.15) is 18.1 Å². The molecular formula is C28H25NO4. The molecule has 0 amide bonds. The Morgan fingerprint density at radius 1 is 1.06 bits per heavy atom. The maximum Gasteiger partial charge on any atom is 0.340 e. The molecule has 2 heterocycles. The van der Waals surface area contributed by atoms with E-state index < -0.39 is 5.60 Å². The minimum absolute atomic E-state index is 0.381. The number of fused-ring (bicyclic) bond motifs is 6. The summed E-state index contributed by atoms with van der Waals surface area (Å²) in [6.07, 6.45) is 5.26.